The van der Waals surface area contributed by atoms with Crippen LogP contribution in [0.3, 0.4) is 0 Å². The Bertz CT molecular complexity index is 1800. The molecule has 6 rings (SSSR count). The Morgan fingerprint density at radius 2 is 1.32 bits per heavy atom. The average Bonchev–Trinajstić information content (AvgIpc) is 3.36. The lowest BCUT2D eigenvalue weighted by atomic mass is 10.1. The zero-order valence-corrected chi connectivity index (χ0v) is 22.2. The van der Waals surface area contributed by atoms with Gasteiger partial charge in [0.15, 0.2) is 18.9 Å². The summed E-state index contributed by atoms with van der Waals surface area (Å²) in [6.07, 6.45) is 5.54. The Labute approximate surface area is 232 Å². The molecule has 40 heavy (non-hydrogen) atoms. The number of carbonyl (C=O) groups is 1. The first-order valence-electron chi connectivity index (χ1n) is 13.6. The SMILES string of the molecule is O=C(O)c1cc2cc[n+](CCCOc3cccc4ccccc34)cc2n1CCCOc1cccc2ccccc12. The Kier molecular flexibility index (Phi) is 7.31. The molecule has 0 unspecified atom stereocenters. The summed E-state index contributed by atoms with van der Waals surface area (Å²) in [4.78, 5) is 12.0. The van der Waals surface area contributed by atoms with Crippen molar-refractivity contribution in [3.05, 3.63) is 115 Å². The Hall–Kier alpha value is -4.84. The maximum atomic E-state index is 12.0. The molecule has 200 valence electrons. The zero-order chi connectivity index (χ0) is 27.3. The monoisotopic (exact) mass is 531 g/mol. The van der Waals surface area contributed by atoms with Gasteiger partial charge in [-0.2, -0.15) is 0 Å². The Morgan fingerprint density at radius 1 is 0.725 bits per heavy atom. The summed E-state index contributed by atoms with van der Waals surface area (Å²) in [6, 6.07) is 32.2. The smallest absolute Gasteiger partial charge is 0.352 e. The highest BCUT2D eigenvalue weighted by Gasteiger charge is 2.17. The molecule has 2 heterocycles. The van der Waals surface area contributed by atoms with Crippen molar-refractivity contribution < 1.29 is 23.9 Å². The molecule has 6 aromatic rings. The van der Waals surface area contributed by atoms with Crippen LogP contribution >= 0.6 is 0 Å². The molecule has 0 amide bonds. The summed E-state index contributed by atoms with van der Waals surface area (Å²) < 4.78 is 16.2. The van der Waals surface area contributed by atoms with Gasteiger partial charge in [0.1, 0.15) is 22.7 Å². The zero-order valence-electron chi connectivity index (χ0n) is 22.2. The summed E-state index contributed by atoms with van der Waals surface area (Å²) in [7, 11) is 0. The quantitative estimate of drug-likeness (QED) is 0.146. The number of carboxylic acids is 1. The van der Waals surface area contributed by atoms with Gasteiger partial charge in [-0.1, -0.05) is 72.8 Å². The molecule has 1 N–H and O–H groups in total. The molecule has 0 aliphatic rings. The number of hydrogen-bond acceptors (Lipinski definition) is 3. The first-order chi connectivity index (χ1) is 19.7. The maximum absolute atomic E-state index is 12.0. The fraction of sp³-hybridized carbons (Fsp3) is 0.176. The van der Waals surface area contributed by atoms with Gasteiger partial charge in [-0.05, 0) is 35.4 Å². The van der Waals surface area contributed by atoms with Crippen LogP contribution in [-0.2, 0) is 13.1 Å². The Balaban J connectivity index is 1.11. The molecule has 0 saturated carbocycles. The minimum absolute atomic E-state index is 0.289. The van der Waals surface area contributed by atoms with Crippen LogP contribution < -0.4 is 14.0 Å². The summed E-state index contributed by atoms with van der Waals surface area (Å²) >= 11 is 0. The second-order valence-electron chi connectivity index (χ2n) is 9.87. The van der Waals surface area contributed by atoms with Gasteiger partial charge in [-0.25, -0.2) is 9.36 Å². The van der Waals surface area contributed by atoms with Crippen LogP contribution in [0.1, 0.15) is 23.3 Å². The number of hydrogen-bond donors (Lipinski definition) is 1. The molecule has 2 aromatic heterocycles. The van der Waals surface area contributed by atoms with E-state index in [4.69, 9.17) is 9.47 Å². The third-order valence-corrected chi connectivity index (χ3v) is 7.22. The van der Waals surface area contributed by atoms with E-state index in [0.717, 1.165) is 56.9 Å². The van der Waals surface area contributed by atoms with Gasteiger partial charge in [-0.15, -0.1) is 0 Å². The van der Waals surface area contributed by atoms with E-state index >= 15 is 0 Å². The van der Waals surface area contributed by atoms with Crippen LogP contribution in [0.2, 0.25) is 0 Å². The highest BCUT2D eigenvalue weighted by molar-refractivity contribution is 5.94. The van der Waals surface area contributed by atoms with Crippen LogP contribution in [0.15, 0.2) is 109 Å². The van der Waals surface area contributed by atoms with E-state index in [1.165, 1.54) is 0 Å². The van der Waals surface area contributed by atoms with E-state index < -0.39 is 5.97 Å². The first-order valence-corrected chi connectivity index (χ1v) is 13.6. The van der Waals surface area contributed by atoms with E-state index in [0.29, 0.717) is 26.2 Å². The van der Waals surface area contributed by atoms with E-state index in [2.05, 4.69) is 41.0 Å². The van der Waals surface area contributed by atoms with Crippen molar-refractivity contribution in [3.63, 3.8) is 0 Å². The largest absolute Gasteiger partial charge is 0.493 e. The van der Waals surface area contributed by atoms with E-state index in [1.807, 2.05) is 71.6 Å². The molecule has 6 heteroatoms. The fourth-order valence-electron chi connectivity index (χ4n) is 5.27. The first kappa shape index (κ1) is 25.4. The van der Waals surface area contributed by atoms with Crippen LogP contribution in [0, 0.1) is 0 Å². The lowest BCUT2D eigenvalue weighted by molar-refractivity contribution is -0.696. The van der Waals surface area contributed by atoms with Crippen molar-refractivity contribution in [2.24, 2.45) is 0 Å². The maximum Gasteiger partial charge on any atom is 0.352 e. The van der Waals surface area contributed by atoms with Crippen molar-refractivity contribution in [3.8, 4) is 11.5 Å². The molecule has 0 bridgehead atoms. The predicted octanol–water partition coefficient (Wildman–Crippen LogP) is 6.87. The highest BCUT2D eigenvalue weighted by atomic mass is 16.5. The predicted molar refractivity (Wildman–Crippen MR) is 157 cm³/mol. The van der Waals surface area contributed by atoms with Gasteiger partial charge in [0, 0.05) is 35.2 Å². The van der Waals surface area contributed by atoms with Gasteiger partial charge in [-0.3, -0.25) is 0 Å². The molecular weight excluding hydrogens is 500 g/mol. The van der Waals surface area contributed by atoms with Crippen LogP contribution in [0.4, 0.5) is 0 Å². The number of fused-ring (bicyclic) bond motifs is 3. The summed E-state index contributed by atoms with van der Waals surface area (Å²) in [6.45, 7) is 2.39. The molecule has 0 atom stereocenters. The number of benzene rings is 4. The van der Waals surface area contributed by atoms with Crippen molar-refractivity contribution in [1.82, 2.24) is 4.57 Å². The number of pyridine rings is 1. The van der Waals surface area contributed by atoms with Crippen LogP contribution in [0.5, 0.6) is 11.5 Å². The van der Waals surface area contributed by atoms with E-state index in [-0.39, 0.29) is 5.69 Å². The topological polar surface area (TPSA) is 64.6 Å². The number of carboxylic acid groups (broad SMARTS) is 1. The Morgan fingerprint density at radius 3 is 1.98 bits per heavy atom. The van der Waals surface area contributed by atoms with Crippen molar-refractivity contribution in [1.29, 1.82) is 0 Å². The second kappa shape index (κ2) is 11.5. The van der Waals surface area contributed by atoms with E-state index in [1.54, 1.807) is 6.07 Å². The third kappa shape index (κ3) is 5.34. The normalized spacial score (nSPS) is 11.3. The summed E-state index contributed by atoms with van der Waals surface area (Å²) in [5, 5.41) is 15.3. The molecule has 0 fully saturated rings. The molecule has 4 aromatic carbocycles. The van der Waals surface area contributed by atoms with Crippen molar-refractivity contribution in [2.45, 2.75) is 25.9 Å². The second-order valence-corrected chi connectivity index (χ2v) is 9.87. The van der Waals surface area contributed by atoms with Crippen LogP contribution in [0.25, 0.3) is 32.4 Å². The average molecular weight is 532 g/mol. The van der Waals surface area contributed by atoms with Gasteiger partial charge >= 0.3 is 5.97 Å². The van der Waals surface area contributed by atoms with Gasteiger partial charge in [0.05, 0.1) is 13.2 Å². The highest BCUT2D eigenvalue weighted by Crippen LogP contribution is 2.26. The molecule has 0 radical (unpaired) electrons. The molecular formula is C34H31N2O4+. The number of rotatable bonds is 11. The summed E-state index contributed by atoms with van der Waals surface area (Å²) in [5.41, 5.74) is 1.19. The van der Waals surface area contributed by atoms with Crippen molar-refractivity contribution >= 4 is 38.4 Å². The van der Waals surface area contributed by atoms with Gasteiger partial charge < -0.3 is 19.1 Å². The molecule has 0 aliphatic heterocycles. The third-order valence-electron chi connectivity index (χ3n) is 7.22. The standard InChI is InChI=1S/C34H30N2O4/c37-34(38)30-23-27-17-20-35(18-7-21-39-32-15-5-11-25-9-1-3-13-28(25)32)24-31(27)36(30)19-8-22-40-33-16-6-12-26-10-2-4-14-29(26)33/h1-6,9-17,20,23-24H,7-8,18-19,21-22H2/p+1. The van der Waals surface area contributed by atoms with Gasteiger partial charge in [0.2, 0.25) is 0 Å². The molecule has 6 nitrogen and oxygen atoms in total. The number of aromatic nitrogens is 2. The lowest BCUT2D eigenvalue weighted by Crippen LogP contribution is -2.33. The number of aromatic carboxylic acids is 1. The lowest BCUT2D eigenvalue weighted by Gasteiger charge is -2.11. The number of ether oxygens (including phenoxy) is 2. The minimum Gasteiger partial charge on any atom is -0.493 e. The van der Waals surface area contributed by atoms with Gasteiger partial charge in [0.25, 0.3) is 0 Å². The molecule has 0 saturated heterocycles. The van der Waals surface area contributed by atoms with E-state index in [9.17, 15) is 9.90 Å². The fourth-order valence-corrected chi connectivity index (χ4v) is 5.27. The minimum atomic E-state index is -0.929. The molecule has 0 spiro atoms. The molecule has 0 aliphatic carbocycles. The van der Waals surface area contributed by atoms with Crippen molar-refractivity contribution in [2.75, 3.05) is 13.2 Å². The summed E-state index contributed by atoms with van der Waals surface area (Å²) in [5.74, 6) is 0.808. The van der Waals surface area contributed by atoms with Crippen LogP contribution in [-0.4, -0.2) is 28.9 Å². The number of aryl methyl sites for hydroxylation is 2. The number of nitrogens with zero attached hydrogens (tertiary/aromatic N) is 2.